The molecule has 10 atom stereocenters. The maximum Gasteiger partial charge on any atom is 0.386 e. The van der Waals surface area contributed by atoms with Crippen LogP contribution < -0.4 is 16.8 Å². The Balaban J connectivity index is 1.14. The second kappa shape index (κ2) is 13.3. The lowest BCUT2D eigenvalue weighted by molar-refractivity contribution is -0.0564. The molecule has 48 heavy (non-hydrogen) atoms. The average Bonchev–Trinajstić information content (AvgIpc) is 3.81. The molecular weight excluding hydrogens is 722 g/mol. The van der Waals surface area contributed by atoms with Crippen molar-refractivity contribution in [2.75, 3.05) is 37.4 Å². The van der Waals surface area contributed by atoms with Crippen LogP contribution in [0.3, 0.4) is 0 Å². The summed E-state index contributed by atoms with van der Waals surface area (Å²) in [5, 5.41) is 3.10. The molecule has 3 aliphatic heterocycles. The smallest absolute Gasteiger partial charge is 0.382 e. The Morgan fingerprint density at radius 3 is 2.19 bits per heavy atom. The summed E-state index contributed by atoms with van der Waals surface area (Å²) < 4.78 is 82.2. The van der Waals surface area contributed by atoms with E-state index in [2.05, 4.69) is 47.5 Å². The summed E-state index contributed by atoms with van der Waals surface area (Å²) in [5.41, 5.74) is 12.3. The fourth-order valence-corrected chi connectivity index (χ4v) is 8.51. The molecular formula is C23H29F2N11O8P2S2. The highest BCUT2D eigenvalue weighted by Gasteiger charge is 2.54. The molecule has 0 radical (unpaired) electrons. The zero-order valence-corrected chi connectivity index (χ0v) is 28.0. The minimum atomic E-state index is -4.39. The molecule has 4 aromatic heterocycles. The van der Waals surface area contributed by atoms with Crippen molar-refractivity contribution in [3.05, 3.63) is 25.3 Å². The first kappa shape index (κ1) is 33.9. The lowest BCUT2D eigenvalue weighted by atomic mass is 10.1. The Morgan fingerprint density at radius 1 is 0.938 bits per heavy atom. The number of imidazole rings is 2. The highest BCUT2D eigenvalue weighted by atomic mass is 32.7. The number of hydrogen-bond acceptors (Lipinski definition) is 17. The zero-order chi connectivity index (χ0) is 33.8. The summed E-state index contributed by atoms with van der Waals surface area (Å²) in [6.07, 6.45) is -7.08. The topological polar surface area (TPSA) is 244 Å². The van der Waals surface area contributed by atoms with Crippen molar-refractivity contribution < 1.29 is 45.8 Å². The van der Waals surface area contributed by atoms with Crippen LogP contribution in [0.2, 0.25) is 0 Å². The van der Waals surface area contributed by atoms with E-state index < -0.39 is 75.9 Å². The fourth-order valence-electron chi connectivity index (χ4n) is 5.59. The Morgan fingerprint density at radius 2 is 1.52 bits per heavy atom. The number of nitrogens with zero attached hydrogens (tertiary/aromatic N) is 8. The number of hydrogen-bond donors (Lipinski definition) is 5. The monoisotopic (exact) mass is 751 g/mol. The third kappa shape index (κ3) is 6.42. The predicted octanol–water partition coefficient (Wildman–Crippen LogP) is 1.55. The predicted molar refractivity (Wildman–Crippen MR) is 170 cm³/mol. The Kier molecular flexibility index (Phi) is 9.41. The van der Waals surface area contributed by atoms with Crippen molar-refractivity contribution in [2.24, 2.45) is 5.73 Å². The van der Waals surface area contributed by atoms with Crippen molar-refractivity contribution in [1.82, 2.24) is 39.0 Å². The van der Waals surface area contributed by atoms with E-state index in [0.717, 1.165) is 0 Å². The van der Waals surface area contributed by atoms with Gasteiger partial charge in [-0.05, 0) is 24.8 Å². The van der Waals surface area contributed by atoms with Crippen LogP contribution in [-0.2, 0) is 43.9 Å². The van der Waals surface area contributed by atoms with Gasteiger partial charge in [0.25, 0.3) is 0 Å². The SMILES string of the molecule is NCCCNc1ncnc2c1ncn2[C@@H]1O[C@@H]2COP(O)(=S)OC3[C@@H](COP(=O)(S)OC2[C@@H]1F)O[C@@H](n1cnc2c(N)ncnc21)[C@H]3F. The number of nitrogens with two attached hydrogens (primary N) is 2. The van der Waals surface area contributed by atoms with E-state index >= 15 is 8.78 Å². The molecule has 0 amide bonds. The number of nitrogens with one attached hydrogen (secondary N) is 1. The average molecular weight is 752 g/mol. The number of thiol groups is 1. The fraction of sp³-hybridized carbons (Fsp3) is 0.565. The highest BCUT2D eigenvalue weighted by molar-refractivity contribution is 8.44. The maximum absolute atomic E-state index is 16.2. The standard InChI is InChI=1S/C23H29F2N11O8P2S2/c24-12-16-10(41-22(12)35-8-33-14-18(27)29-6-31-20(14)35)4-39-46(38,48)44-17-11(5-40-45(37,47)43-16)42-23(13(17)25)36-9-34-15-19(28-3-1-2-26)30-7-32-21(15)36/h6-13,16-17,22-23H,1-5,26H2,(H,37,47)(H,38,48)(H2,27,29,31)(H,28,30,32)/t10-,11-,12+,13+,16?,17?,22-,23-,45?,46?/m1/s1. The number of alkyl halides is 2. The number of fused-ring (bicyclic) bond motifs is 4. The summed E-state index contributed by atoms with van der Waals surface area (Å²) in [7, 11) is 0. The van der Waals surface area contributed by atoms with Gasteiger partial charge in [0.2, 0.25) is 0 Å². The van der Waals surface area contributed by atoms with Gasteiger partial charge in [-0.1, -0.05) is 12.2 Å². The molecule has 7 rings (SSSR count). The van der Waals surface area contributed by atoms with Gasteiger partial charge in [-0.3, -0.25) is 22.7 Å². The summed E-state index contributed by atoms with van der Waals surface area (Å²) in [4.78, 5) is 35.8. The van der Waals surface area contributed by atoms with Crippen molar-refractivity contribution in [1.29, 1.82) is 0 Å². The van der Waals surface area contributed by atoms with Gasteiger partial charge in [0.05, 0.1) is 25.9 Å². The second-order valence-electron chi connectivity index (χ2n) is 10.9. The number of rotatable bonds is 6. The molecule has 0 aliphatic carbocycles. The molecule has 4 aromatic rings. The molecule has 0 saturated carbocycles. The minimum Gasteiger partial charge on any atom is -0.382 e. The molecule has 0 spiro atoms. The zero-order valence-electron chi connectivity index (χ0n) is 24.5. The van der Waals surface area contributed by atoms with Gasteiger partial charge >= 0.3 is 13.5 Å². The number of aromatic nitrogens is 8. The van der Waals surface area contributed by atoms with E-state index in [9.17, 15) is 9.46 Å². The van der Waals surface area contributed by atoms with E-state index in [-0.39, 0.29) is 22.6 Å². The quantitative estimate of drug-likeness (QED) is 0.107. The summed E-state index contributed by atoms with van der Waals surface area (Å²) >= 11 is 9.23. The first-order valence-corrected chi connectivity index (χ1v) is 19.7. The van der Waals surface area contributed by atoms with E-state index in [1.807, 2.05) is 0 Å². The molecule has 7 heterocycles. The summed E-state index contributed by atoms with van der Waals surface area (Å²) in [6.45, 7) is -8.92. The molecule has 0 bridgehead atoms. The van der Waals surface area contributed by atoms with Crippen LogP contribution in [0.4, 0.5) is 20.4 Å². The Labute approximate surface area is 280 Å². The molecule has 3 saturated heterocycles. The number of nitrogen functional groups attached to an aromatic ring is 1. The lowest BCUT2D eigenvalue weighted by Gasteiger charge is -2.29. The third-order valence-corrected chi connectivity index (χ3v) is 11.0. The first-order valence-electron chi connectivity index (χ1n) is 14.4. The van der Waals surface area contributed by atoms with Gasteiger partial charge in [0.15, 0.2) is 53.2 Å². The van der Waals surface area contributed by atoms with Gasteiger partial charge < -0.3 is 35.7 Å². The van der Waals surface area contributed by atoms with E-state index in [1.165, 1.54) is 34.4 Å². The molecule has 3 aliphatic rings. The number of halogens is 2. The molecule has 6 N–H and O–H groups in total. The van der Waals surface area contributed by atoms with Crippen LogP contribution in [0.1, 0.15) is 18.9 Å². The van der Waals surface area contributed by atoms with Gasteiger partial charge in [-0.2, -0.15) is 0 Å². The van der Waals surface area contributed by atoms with Gasteiger partial charge in [0, 0.05) is 6.54 Å². The van der Waals surface area contributed by atoms with E-state index in [4.69, 9.17) is 50.8 Å². The van der Waals surface area contributed by atoms with Gasteiger partial charge in [-0.15, -0.1) is 0 Å². The van der Waals surface area contributed by atoms with Crippen LogP contribution in [-0.4, -0.2) is 107 Å². The van der Waals surface area contributed by atoms with Crippen LogP contribution in [0.5, 0.6) is 0 Å². The Hall–Kier alpha value is -2.53. The van der Waals surface area contributed by atoms with E-state index in [1.54, 1.807) is 0 Å². The number of ether oxygens (including phenoxy) is 2. The third-order valence-electron chi connectivity index (χ3n) is 7.82. The largest absolute Gasteiger partial charge is 0.386 e. The van der Waals surface area contributed by atoms with Crippen LogP contribution in [0.25, 0.3) is 22.3 Å². The van der Waals surface area contributed by atoms with Crippen molar-refractivity contribution in [3.63, 3.8) is 0 Å². The van der Waals surface area contributed by atoms with Gasteiger partial charge in [0.1, 0.15) is 42.6 Å². The highest BCUT2D eigenvalue weighted by Crippen LogP contribution is 2.58. The minimum absolute atomic E-state index is 0.0569. The van der Waals surface area contributed by atoms with Crippen molar-refractivity contribution in [2.45, 2.75) is 55.6 Å². The summed E-state index contributed by atoms with van der Waals surface area (Å²) in [5.74, 6) is 0.458. The van der Waals surface area contributed by atoms with Crippen LogP contribution in [0.15, 0.2) is 25.3 Å². The lowest BCUT2D eigenvalue weighted by Crippen LogP contribution is -2.37. The van der Waals surface area contributed by atoms with E-state index in [0.29, 0.717) is 30.8 Å². The molecule has 19 nitrogen and oxygen atoms in total. The van der Waals surface area contributed by atoms with Crippen molar-refractivity contribution >= 4 is 71.5 Å². The first-order chi connectivity index (χ1) is 23.0. The molecule has 260 valence electrons. The van der Waals surface area contributed by atoms with Crippen molar-refractivity contribution in [3.8, 4) is 0 Å². The molecule has 3 fully saturated rings. The van der Waals surface area contributed by atoms with Gasteiger partial charge in [-0.25, -0.2) is 43.2 Å². The Bertz CT molecular complexity index is 1910. The normalized spacial score (nSPS) is 36.0. The maximum atomic E-state index is 16.2. The molecule has 25 heteroatoms. The number of anilines is 2. The second-order valence-corrected chi connectivity index (χ2v) is 16.6. The molecule has 4 unspecified atom stereocenters. The summed E-state index contributed by atoms with van der Waals surface area (Å²) in [6, 6.07) is 0. The van der Waals surface area contributed by atoms with Crippen LogP contribution in [0, 0.1) is 0 Å². The molecule has 0 aromatic carbocycles. The van der Waals surface area contributed by atoms with Crippen LogP contribution >= 0.6 is 25.8 Å².